The van der Waals surface area contributed by atoms with Crippen LogP contribution in [0.5, 0.6) is 0 Å². The molecule has 1 atom stereocenters. The molecule has 1 aromatic heterocycles. The van der Waals surface area contributed by atoms with E-state index in [0.717, 1.165) is 13.1 Å². The van der Waals surface area contributed by atoms with E-state index in [-0.39, 0.29) is 12.5 Å². The molecule has 1 heterocycles. The van der Waals surface area contributed by atoms with Crippen LogP contribution in [-0.2, 0) is 9.53 Å². The Labute approximate surface area is 125 Å². The standard InChI is InChI=1S/C9H10Br2N4O2S/c1-17-9(16)7(13-2-3-14-15-12)6-4-5(10)8(11)18-6/h4,7,13H,2-3H2,1H3. The number of carbonyl (C=O) groups is 1. The van der Waals surface area contributed by atoms with Gasteiger partial charge in [0.15, 0.2) is 0 Å². The van der Waals surface area contributed by atoms with E-state index < -0.39 is 6.04 Å². The quantitative estimate of drug-likeness (QED) is 0.262. The van der Waals surface area contributed by atoms with Crippen LogP contribution in [0.4, 0.5) is 0 Å². The first-order valence-corrected chi connectivity index (χ1v) is 7.27. The summed E-state index contributed by atoms with van der Waals surface area (Å²) in [4.78, 5) is 15.2. The van der Waals surface area contributed by atoms with Gasteiger partial charge in [0.05, 0.1) is 10.9 Å². The second kappa shape index (κ2) is 7.75. The number of esters is 1. The summed E-state index contributed by atoms with van der Waals surface area (Å²) in [5.74, 6) is -0.378. The molecule has 6 nitrogen and oxygen atoms in total. The first-order valence-electron chi connectivity index (χ1n) is 4.87. The zero-order chi connectivity index (χ0) is 13.5. The summed E-state index contributed by atoms with van der Waals surface area (Å²) < 4.78 is 6.53. The fourth-order valence-corrected chi connectivity index (χ4v) is 3.38. The van der Waals surface area contributed by atoms with E-state index in [0.29, 0.717) is 6.54 Å². The number of thiophene rings is 1. The number of hydrogen-bond donors (Lipinski definition) is 1. The molecule has 18 heavy (non-hydrogen) atoms. The lowest BCUT2D eigenvalue weighted by Gasteiger charge is -2.13. The molecular weight excluding hydrogens is 388 g/mol. The third-order valence-electron chi connectivity index (χ3n) is 2.01. The Morgan fingerprint density at radius 1 is 1.72 bits per heavy atom. The van der Waals surface area contributed by atoms with E-state index >= 15 is 0 Å². The van der Waals surface area contributed by atoms with Gasteiger partial charge in [-0.25, -0.2) is 4.79 Å². The summed E-state index contributed by atoms with van der Waals surface area (Å²) in [5, 5.41) is 6.39. The van der Waals surface area contributed by atoms with E-state index in [1.54, 1.807) is 0 Å². The molecule has 1 aromatic rings. The summed E-state index contributed by atoms with van der Waals surface area (Å²) in [5.41, 5.74) is 8.17. The maximum Gasteiger partial charge on any atom is 0.328 e. The van der Waals surface area contributed by atoms with Crippen molar-refractivity contribution in [3.05, 3.63) is 29.6 Å². The highest BCUT2D eigenvalue weighted by atomic mass is 79.9. The van der Waals surface area contributed by atoms with Gasteiger partial charge in [0.2, 0.25) is 0 Å². The normalized spacial score (nSPS) is 11.7. The van der Waals surface area contributed by atoms with Gasteiger partial charge in [-0.1, -0.05) is 5.11 Å². The second-order valence-corrected chi connectivity index (χ2v) is 6.39. The van der Waals surface area contributed by atoms with Gasteiger partial charge in [0, 0.05) is 27.4 Å². The van der Waals surface area contributed by atoms with Crippen molar-refractivity contribution in [2.24, 2.45) is 5.11 Å². The molecule has 0 radical (unpaired) electrons. The van der Waals surface area contributed by atoms with Crippen LogP contribution in [0, 0.1) is 0 Å². The Balaban J connectivity index is 2.78. The van der Waals surface area contributed by atoms with Gasteiger partial charge in [0.1, 0.15) is 6.04 Å². The summed E-state index contributed by atoms with van der Waals surface area (Å²) in [7, 11) is 1.34. The SMILES string of the molecule is COC(=O)C(NCCN=[N+]=[N-])c1cc(Br)c(Br)s1. The molecule has 0 aliphatic carbocycles. The zero-order valence-electron chi connectivity index (χ0n) is 9.39. The molecule has 1 N–H and O–H groups in total. The third kappa shape index (κ3) is 4.25. The Hall–Kier alpha value is -0.600. The molecule has 0 saturated heterocycles. The monoisotopic (exact) mass is 396 g/mol. The predicted molar refractivity (Wildman–Crippen MR) is 76.5 cm³/mol. The van der Waals surface area contributed by atoms with Crippen LogP contribution in [0.25, 0.3) is 10.4 Å². The summed E-state index contributed by atoms with van der Waals surface area (Å²) in [6.07, 6.45) is 0. The number of carbonyl (C=O) groups excluding carboxylic acids is 1. The number of halogens is 2. The number of methoxy groups -OCH3 is 1. The highest BCUT2D eigenvalue weighted by Crippen LogP contribution is 2.35. The lowest BCUT2D eigenvalue weighted by Crippen LogP contribution is -2.30. The number of nitrogens with zero attached hydrogens (tertiary/aromatic N) is 3. The molecule has 0 fully saturated rings. The highest BCUT2D eigenvalue weighted by Gasteiger charge is 2.23. The molecule has 0 aliphatic heterocycles. The maximum atomic E-state index is 11.7. The van der Waals surface area contributed by atoms with Crippen LogP contribution in [0.15, 0.2) is 19.4 Å². The van der Waals surface area contributed by atoms with Gasteiger partial charge in [0.25, 0.3) is 0 Å². The smallest absolute Gasteiger partial charge is 0.328 e. The van der Waals surface area contributed by atoms with E-state index in [1.807, 2.05) is 6.07 Å². The van der Waals surface area contributed by atoms with E-state index in [4.69, 9.17) is 10.3 Å². The number of rotatable bonds is 6. The van der Waals surface area contributed by atoms with Crippen molar-refractivity contribution >= 4 is 49.2 Å². The van der Waals surface area contributed by atoms with Gasteiger partial charge >= 0.3 is 5.97 Å². The molecule has 9 heteroatoms. The maximum absolute atomic E-state index is 11.7. The van der Waals surface area contributed by atoms with Crippen LogP contribution >= 0.6 is 43.2 Å². The van der Waals surface area contributed by atoms with E-state index in [1.165, 1.54) is 18.4 Å². The first-order chi connectivity index (χ1) is 8.60. The average molecular weight is 398 g/mol. The number of azide groups is 1. The number of ether oxygens (including phenoxy) is 1. The first kappa shape index (κ1) is 15.5. The number of hydrogen-bond acceptors (Lipinski definition) is 5. The topological polar surface area (TPSA) is 87.1 Å². The minimum atomic E-state index is -0.559. The fourth-order valence-electron chi connectivity index (χ4n) is 1.23. The van der Waals surface area contributed by atoms with Gasteiger partial charge < -0.3 is 4.74 Å². The van der Waals surface area contributed by atoms with Gasteiger partial charge in [-0.2, -0.15) is 0 Å². The minimum absolute atomic E-state index is 0.276. The highest BCUT2D eigenvalue weighted by molar-refractivity contribution is 9.13. The van der Waals surface area contributed by atoms with Gasteiger partial charge in [-0.05, 0) is 43.5 Å². The second-order valence-electron chi connectivity index (χ2n) is 3.14. The van der Waals surface area contributed by atoms with Crippen molar-refractivity contribution in [1.29, 1.82) is 0 Å². The molecule has 0 saturated carbocycles. The van der Waals surface area contributed by atoms with E-state index in [9.17, 15) is 4.79 Å². The predicted octanol–water partition coefficient (Wildman–Crippen LogP) is 3.39. The lowest BCUT2D eigenvalue weighted by molar-refractivity contribution is -0.143. The van der Waals surface area contributed by atoms with Crippen molar-refractivity contribution in [2.45, 2.75) is 6.04 Å². The average Bonchev–Trinajstić information content (AvgIpc) is 2.68. The van der Waals surface area contributed by atoms with Crippen molar-refractivity contribution < 1.29 is 9.53 Å². The van der Waals surface area contributed by atoms with Crippen LogP contribution in [-0.4, -0.2) is 26.2 Å². The number of nitrogens with one attached hydrogen (secondary N) is 1. The van der Waals surface area contributed by atoms with Gasteiger partial charge in [-0.15, -0.1) is 11.3 Å². The van der Waals surface area contributed by atoms with Gasteiger partial charge in [-0.3, -0.25) is 5.32 Å². The Morgan fingerprint density at radius 2 is 2.44 bits per heavy atom. The molecule has 0 bridgehead atoms. The molecule has 0 aromatic carbocycles. The Kier molecular flexibility index (Phi) is 6.66. The molecule has 98 valence electrons. The summed E-state index contributed by atoms with van der Waals surface area (Å²) >= 11 is 8.17. The molecule has 0 aliphatic rings. The van der Waals surface area contributed by atoms with Crippen LogP contribution in [0.3, 0.4) is 0 Å². The zero-order valence-corrected chi connectivity index (χ0v) is 13.4. The molecular formula is C9H10Br2N4O2S. The molecule has 1 unspecified atom stereocenters. The van der Waals surface area contributed by atoms with Crippen LogP contribution in [0.2, 0.25) is 0 Å². The van der Waals surface area contributed by atoms with Crippen molar-refractivity contribution in [1.82, 2.24) is 5.32 Å². The minimum Gasteiger partial charge on any atom is -0.468 e. The van der Waals surface area contributed by atoms with E-state index in [2.05, 4.69) is 47.2 Å². The molecule has 1 rings (SSSR count). The largest absolute Gasteiger partial charge is 0.468 e. The third-order valence-corrected chi connectivity index (χ3v) is 5.33. The van der Waals surface area contributed by atoms with Crippen LogP contribution in [0.1, 0.15) is 10.9 Å². The van der Waals surface area contributed by atoms with Crippen molar-refractivity contribution in [2.75, 3.05) is 20.2 Å². The molecule has 0 amide bonds. The summed E-state index contributed by atoms with van der Waals surface area (Å²) in [6.45, 7) is 0.675. The molecule has 0 spiro atoms. The lowest BCUT2D eigenvalue weighted by atomic mass is 10.2. The Morgan fingerprint density at radius 3 is 2.94 bits per heavy atom. The van der Waals surface area contributed by atoms with Crippen molar-refractivity contribution in [3.8, 4) is 0 Å². The van der Waals surface area contributed by atoms with Crippen molar-refractivity contribution in [3.63, 3.8) is 0 Å². The summed E-state index contributed by atoms with van der Waals surface area (Å²) in [6, 6.07) is 1.29. The Bertz CT molecular complexity index is 454. The fraction of sp³-hybridized carbons (Fsp3) is 0.444. The van der Waals surface area contributed by atoms with Crippen LogP contribution < -0.4 is 5.32 Å².